The first-order chi connectivity index (χ1) is 5.24. The zero-order valence-electron chi connectivity index (χ0n) is 6.42. The molecule has 0 radical (unpaired) electrons. The summed E-state index contributed by atoms with van der Waals surface area (Å²) in [6.07, 6.45) is 2.56. The van der Waals surface area contributed by atoms with Crippen LogP contribution in [0.15, 0.2) is 18.3 Å². The second-order valence-electron chi connectivity index (χ2n) is 2.41. The smallest absolute Gasteiger partial charge is 0.0585 e. The Labute approximate surface area is 71.4 Å². The van der Waals surface area contributed by atoms with Crippen LogP contribution in [0.1, 0.15) is 25.1 Å². The van der Waals surface area contributed by atoms with Crippen molar-refractivity contribution >= 4 is 11.6 Å². The third kappa shape index (κ3) is 2.17. The lowest BCUT2D eigenvalue weighted by Crippen LogP contribution is -2.10. The summed E-state index contributed by atoms with van der Waals surface area (Å²) in [6.45, 7) is 2.02. The summed E-state index contributed by atoms with van der Waals surface area (Å²) in [7, 11) is 0. The fourth-order valence-corrected chi connectivity index (χ4v) is 1.00. The first-order valence-corrected chi connectivity index (χ1v) is 3.99. The van der Waals surface area contributed by atoms with E-state index in [1.165, 1.54) is 0 Å². The predicted molar refractivity (Wildman–Crippen MR) is 46.5 cm³/mol. The van der Waals surface area contributed by atoms with Gasteiger partial charge >= 0.3 is 0 Å². The summed E-state index contributed by atoms with van der Waals surface area (Å²) in [5.74, 6) is 0. The monoisotopic (exact) mass is 170 g/mol. The fraction of sp³-hybridized carbons (Fsp3) is 0.375. The fourth-order valence-electron chi connectivity index (χ4n) is 0.833. The van der Waals surface area contributed by atoms with Crippen LogP contribution >= 0.6 is 11.6 Å². The Balaban J connectivity index is 2.86. The average Bonchev–Trinajstić information content (AvgIpc) is 2.03. The highest BCUT2D eigenvalue weighted by atomic mass is 35.5. The molecule has 0 spiro atoms. The number of rotatable bonds is 2. The molecule has 3 heteroatoms. The van der Waals surface area contributed by atoms with Gasteiger partial charge in [-0.2, -0.15) is 0 Å². The molecule has 60 valence electrons. The van der Waals surface area contributed by atoms with Crippen molar-refractivity contribution in [3.05, 3.63) is 29.0 Å². The third-order valence-electron chi connectivity index (χ3n) is 1.56. The van der Waals surface area contributed by atoms with Crippen LogP contribution in [0.5, 0.6) is 0 Å². The Hall–Kier alpha value is -0.600. The predicted octanol–water partition coefficient (Wildman–Crippen LogP) is 2.14. The van der Waals surface area contributed by atoms with Gasteiger partial charge in [-0.15, -0.1) is 0 Å². The Morgan fingerprint density at radius 2 is 2.45 bits per heavy atom. The molecular formula is C8H11ClN2. The van der Waals surface area contributed by atoms with E-state index in [0.717, 1.165) is 12.1 Å². The minimum absolute atomic E-state index is 0.00806. The van der Waals surface area contributed by atoms with Crippen molar-refractivity contribution in [1.82, 2.24) is 4.98 Å². The van der Waals surface area contributed by atoms with Crippen LogP contribution in [0, 0.1) is 0 Å². The van der Waals surface area contributed by atoms with Gasteiger partial charge < -0.3 is 5.73 Å². The van der Waals surface area contributed by atoms with Crippen LogP contribution in [-0.4, -0.2) is 4.98 Å². The molecule has 0 saturated carbocycles. The van der Waals surface area contributed by atoms with Crippen molar-refractivity contribution in [1.29, 1.82) is 0 Å². The molecule has 1 heterocycles. The van der Waals surface area contributed by atoms with E-state index < -0.39 is 0 Å². The van der Waals surface area contributed by atoms with E-state index in [0.29, 0.717) is 5.02 Å². The van der Waals surface area contributed by atoms with Crippen LogP contribution in [0.25, 0.3) is 0 Å². The minimum Gasteiger partial charge on any atom is -0.323 e. The molecule has 0 amide bonds. The third-order valence-corrected chi connectivity index (χ3v) is 1.80. The van der Waals surface area contributed by atoms with E-state index >= 15 is 0 Å². The number of nitrogens with zero attached hydrogens (tertiary/aromatic N) is 1. The minimum atomic E-state index is 0.00806. The standard InChI is InChI=1S/C8H11ClN2/c1-2-7(10)8-5-6(9)3-4-11-8/h3-5,7H,2,10H2,1H3/t7-/m0/s1. The van der Waals surface area contributed by atoms with E-state index in [9.17, 15) is 0 Å². The van der Waals surface area contributed by atoms with Crippen molar-refractivity contribution in [2.75, 3.05) is 0 Å². The van der Waals surface area contributed by atoms with Gasteiger partial charge in [-0.25, -0.2) is 0 Å². The number of nitrogens with two attached hydrogens (primary N) is 1. The van der Waals surface area contributed by atoms with Crippen molar-refractivity contribution in [2.45, 2.75) is 19.4 Å². The van der Waals surface area contributed by atoms with Crippen molar-refractivity contribution in [3.8, 4) is 0 Å². The quantitative estimate of drug-likeness (QED) is 0.739. The largest absolute Gasteiger partial charge is 0.323 e. The SMILES string of the molecule is CC[C@H](N)c1cc(Cl)ccn1. The maximum atomic E-state index is 5.75. The molecule has 0 aromatic carbocycles. The highest BCUT2D eigenvalue weighted by molar-refractivity contribution is 6.30. The first kappa shape index (κ1) is 8.50. The van der Waals surface area contributed by atoms with Crippen molar-refractivity contribution in [2.24, 2.45) is 5.73 Å². The summed E-state index contributed by atoms with van der Waals surface area (Å²) in [4.78, 5) is 4.10. The molecule has 11 heavy (non-hydrogen) atoms. The lowest BCUT2D eigenvalue weighted by atomic mass is 10.1. The molecule has 2 N–H and O–H groups in total. The number of halogens is 1. The van der Waals surface area contributed by atoms with E-state index in [1.54, 1.807) is 18.3 Å². The van der Waals surface area contributed by atoms with Crippen LogP contribution in [-0.2, 0) is 0 Å². The molecule has 0 saturated heterocycles. The van der Waals surface area contributed by atoms with Gasteiger partial charge in [0.25, 0.3) is 0 Å². The normalized spacial score (nSPS) is 13.0. The van der Waals surface area contributed by atoms with Gasteiger partial charge in [-0.05, 0) is 18.6 Å². The second kappa shape index (κ2) is 3.69. The van der Waals surface area contributed by atoms with E-state index in [4.69, 9.17) is 17.3 Å². The van der Waals surface area contributed by atoms with E-state index in [1.807, 2.05) is 6.92 Å². The Morgan fingerprint density at radius 1 is 1.73 bits per heavy atom. The number of pyridine rings is 1. The molecule has 1 atom stereocenters. The molecule has 2 nitrogen and oxygen atoms in total. The number of hydrogen-bond donors (Lipinski definition) is 1. The zero-order chi connectivity index (χ0) is 8.27. The summed E-state index contributed by atoms with van der Waals surface area (Å²) in [6, 6.07) is 3.55. The van der Waals surface area contributed by atoms with Crippen LogP contribution < -0.4 is 5.73 Å². The molecule has 0 aliphatic heterocycles. The van der Waals surface area contributed by atoms with Crippen molar-refractivity contribution in [3.63, 3.8) is 0 Å². The molecule has 0 aliphatic carbocycles. The lowest BCUT2D eigenvalue weighted by molar-refractivity contribution is 0.675. The first-order valence-electron chi connectivity index (χ1n) is 3.61. The van der Waals surface area contributed by atoms with Gasteiger partial charge in [0.15, 0.2) is 0 Å². The Kier molecular flexibility index (Phi) is 2.85. The number of hydrogen-bond acceptors (Lipinski definition) is 2. The topological polar surface area (TPSA) is 38.9 Å². The molecule has 0 aliphatic rings. The number of aromatic nitrogens is 1. The summed E-state index contributed by atoms with van der Waals surface area (Å²) in [5, 5.41) is 0.693. The second-order valence-corrected chi connectivity index (χ2v) is 2.85. The van der Waals surface area contributed by atoms with Gasteiger partial charge in [-0.3, -0.25) is 4.98 Å². The summed E-state index contributed by atoms with van der Waals surface area (Å²) in [5.41, 5.74) is 6.60. The molecule has 0 bridgehead atoms. The molecule has 0 fully saturated rings. The Morgan fingerprint density at radius 3 is 3.00 bits per heavy atom. The molecule has 1 aromatic rings. The maximum absolute atomic E-state index is 5.75. The maximum Gasteiger partial charge on any atom is 0.0585 e. The van der Waals surface area contributed by atoms with Gasteiger partial charge in [0.05, 0.1) is 5.69 Å². The van der Waals surface area contributed by atoms with Crippen LogP contribution in [0.3, 0.4) is 0 Å². The van der Waals surface area contributed by atoms with E-state index in [2.05, 4.69) is 4.98 Å². The lowest BCUT2D eigenvalue weighted by Gasteiger charge is -2.06. The molecule has 1 rings (SSSR count). The highest BCUT2D eigenvalue weighted by Gasteiger charge is 2.03. The van der Waals surface area contributed by atoms with E-state index in [-0.39, 0.29) is 6.04 Å². The van der Waals surface area contributed by atoms with Gasteiger partial charge in [-0.1, -0.05) is 18.5 Å². The highest BCUT2D eigenvalue weighted by Crippen LogP contribution is 2.14. The Bertz CT molecular complexity index is 237. The van der Waals surface area contributed by atoms with Gasteiger partial charge in [0.2, 0.25) is 0 Å². The average molecular weight is 171 g/mol. The van der Waals surface area contributed by atoms with Gasteiger partial charge in [0, 0.05) is 17.3 Å². The van der Waals surface area contributed by atoms with Crippen LogP contribution in [0.2, 0.25) is 5.02 Å². The van der Waals surface area contributed by atoms with Gasteiger partial charge in [0.1, 0.15) is 0 Å². The molecule has 0 unspecified atom stereocenters. The zero-order valence-corrected chi connectivity index (χ0v) is 7.17. The molecule has 1 aromatic heterocycles. The summed E-state index contributed by atoms with van der Waals surface area (Å²) < 4.78 is 0. The summed E-state index contributed by atoms with van der Waals surface area (Å²) >= 11 is 5.75. The van der Waals surface area contributed by atoms with Crippen molar-refractivity contribution < 1.29 is 0 Å². The molecular weight excluding hydrogens is 160 g/mol. The van der Waals surface area contributed by atoms with Crippen LogP contribution in [0.4, 0.5) is 0 Å².